The van der Waals surface area contributed by atoms with Crippen molar-refractivity contribution < 1.29 is 9.47 Å². The third kappa shape index (κ3) is 3.80. The fourth-order valence-electron chi connectivity index (χ4n) is 2.30. The SMILES string of the molecule is CCOCCn1c(NCCCOC)nc2c1c(=O)[nH]c(=O)n2C. The number of hydrogen-bond acceptors (Lipinski definition) is 6. The summed E-state index contributed by atoms with van der Waals surface area (Å²) in [6.45, 7) is 4.71. The van der Waals surface area contributed by atoms with E-state index in [0.29, 0.717) is 50.0 Å². The molecule has 0 amide bonds. The van der Waals surface area contributed by atoms with Crippen molar-refractivity contribution in [1.82, 2.24) is 19.1 Å². The molecule has 0 unspecified atom stereocenters. The van der Waals surface area contributed by atoms with Crippen molar-refractivity contribution in [1.29, 1.82) is 0 Å². The van der Waals surface area contributed by atoms with Crippen LogP contribution in [0.3, 0.4) is 0 Å². The fourth-order valence-corrected chi connectivity index (χ4v) is 2.30. The minimum atomic E-state index is -0.483. The van der Waals surface area contributed by atoms with Crippen molar-refractivity contribution in [3.05, 3.63) is 20.8 Å². The third-order valence-electron chi connectivity index (χ3n) is 3.48. The van der Waals surface area contributed by atoms with Crippen LogP contribution in [-0.2, 0) is 23.1 Å². The van der Waals surface area contributed by atoms with Crippen LogP contribution in [0.1, 0.15) is 13.3 Å². The number of aryl methyl sites for hydroxylation is 1. The monoisotopic (exact) mass is 325 g/mol. The predicted octanol–water partition coefficient (Wildman–Crippen LogP) is -0.0918. The standard InChI is InChI=1S/C14H23N5O4/c1-4-23-9-7-19-10-11(18(2)14(21)17-12(10)20)16-13(19)15-6-5-8-22-3/h4-9H2,1-3H3,(H,15,16)(H,17,20,21). The maximum absolute atomic E-state index is 12.2. The normalized spacial score (nSPS) is 11.3. The smallest absolute Gasteiger partial charge is 0.329 e. The van der Waals surface area contributed by atoms with Crippen LogP contribution in [0.25, 0.3) is 11.2 Å². The quantitative estimate of drug-likeness (QED) is 0.625. The summed E-state index contributed by atoms with van der Waals surface area (Å²) in [5, 5.41) is 3.19. The Bertz CT molecular complexity index is 761. The van der Waals surface area contributed by atoms with Crippen LogP contribution in [0.4, 0.5) is 5.95 Å². The number of aromatic nitrogens is 4. The Morgan fingerprint density at radius 3 is 2.78 bits per heavy atom. The van der Waals surface area contributed by atoms with Crippen LogP contribution in [0, 0.1) is 0 Å². The van der Waals surface area contributed by atoms with Crippen molar-refractivity contribution in [2.24, 2.45) is 7.05 Å². The molecule has 2 rings (SSSR count). The maximum atomic E-state index is 12.2. The summed E-state index contributed by atoms with van der Waals surface area (Å²) in [5.41, 5.74) is -0.217. The van der Waals surface area contributed by atoms with Crippen LogP contribution < -0.4 is 16.6 Å². The largest absolute Gasteiger partial charge is 0.385 e. The minimum absolute atomic E-state index is 0.351. The van der Waals surface area contributed by atoms with Gasteiger partial charge in [0.25, 0.3) is 5.56 Å². The van der Waals surface area contributed by atoms with Gasteiger partial charge in [-0.1, -0.05) is 0 Å². The second-order valence-electron chi connectivity index (χ2n) is 5.05. The molecule has 9 nitrogen and oxygen atoms in total. The van der Waals surface area contributed by atoms with E-state index in [0.717, 1.165) is 6.42 Å². The van der Waals surface area contributed by atoms with E-state index in [-0.39, 0.29) is 0 Å². The van der Waals surface area contributed by atoms with E-state index in [4.69, 9.17) is 9.47 Å². The Kier molecular flexibility index (Phi) is 5.94. The summed E-state index contributed by atoms with van der Waals surface area (Å²) in [5.74, 6) is 0.544. The summed E-state index contributed by atoms with van der Waals surface area (Å²) < 4.78 is 13.5. The van der Waals surface area contributed by atoms with E-state index < -0.39 is 11.2 Å². The van der Waals surface area contributed by atoms with Gasteiger partial charge in [0.05, 0.1) is 6.61 Å². The summed E-state index contributed by atoms with van der Waals surface area (Å²) in [4.78, 5) is 30.6. The molecular weight excluding hydrogens is 302 g/mol. The van der Waals surface area contributed by atoms with Crippen LogP contribution in [0.2, 0.25) is 0 Å². The van der Waals surface area contributed by atoms with Gasteiger partial charge >= 0.3 is 5.69 Å². The average molecular weight is 325 g/mol. The molecule has 2 aromatic heterocycles. The Hall–Kier alpha value is -2.13. The maximum Gasteiger partial charge on any atom is 0.329 e. The first-order chi connectivity index (χ1) is 11.1. The predicted molar refractivity (Wildman–Crippen MR) is 87.1 cm³/mol. The molecular formula is C14H23N5O4. The first kappa shape index (κ1) is 17.2. The van der Waals surface area contributed by atoms with Gasteiger partial charge in [0.2, 0.25) is 5.95 Å². The Labute approximate surface area is 133 Å². The Balaban J connectivity index is 2.40. The molecule has 0 aromatic carbocycles. The first-order valence-electron chi connectivity index (χ1n) is 7.60. The molecule has 0 aliphatic heterocycles. The second-order valence-corrected chi connectivity index (χ2v) is 5.05. The van der Waals surface area contributed by atoms with Gasteiger partial charge in [0.15, 0.2) is 11.2 Å². The number of imidazole rings is 1. The zero-order valence-electron chi connectivity index (χ0n) is 13.7. The highest BCUT2D eigenvalue weighted by Crippen LogP contribution is 2.15. The summed E-state index contributed by atoms with van der Waals surface area (Å²) in [6, 6.07) is 0. The van der Waals surface area contributed by atoms with Gasteiger partial charge < -0.3 is 19.4 Å². The lowest BCUT2D eigenvalue weighted by molar-refractivity contribution is 0.140. The van der Waals surface area contributed by atoms with Crippen LogP contribution in [-0.4, -0.2) is 52.6 Å². The van der Waals surface area contributed by atoms with Crippen molar-refractivity contribution in [2.75, 3.05) is 38.8 Å². The topological polar surface area (TPSA) is 103 Å². The highest BCUT2D eigenvalue weighted by atomic mass is 16.5. The second kappa shape index (κ2) is 7.93. The van der Waals surface area contributed by atoms with Crippen LogP contribution in [0.5, 0.6) is 0 Å². The number of rotatable bonds is 9. The van der Waals surface area contributed by atoms with Gasteiger partial charge in [0, 0.05) is 40.5 Å². The lowest BCUT2D eigenvalue weighted by Crippen LogP contribution is -2.29. The van der Waals surface area contributed by atoms with Gasteiger partial charge in [-0.25, -0.2) is 4.79 Å². The Morgan fingerprint density at radius 2 is 2.09 bits per heavy atom. The summed E-state index contributed by atoms with van der Waals surface area (Å²) >= 11 is 0. The van der Waals surface area contributed by atoms with E-state index in [9.17, 15) is 9.59 Å². The number of aromatic amines is 1. The van der Waals surface area contributed by atoms with Crippen LogP contribution in [0.15, 0.2) is 9.59 Å². The van der Waals surface area contributed by atoms with E-state index in [1.165, 1.54) is 4.57 Å². The molecule has 2 N–H and O–H groups in total. The number of nitrogens with zero attached hydrogens (tertiary/aromatic N) is 3. The summed E-state index contributed by atoms with van der Waals surface area (Å²) in [6.07, 6.45) is 0.806. The van der Waals surface area contributed by atoms with Crippen molar-refractivity contribution >= 4 is 17.1 Å². The molecule has 0 fully saturated rings. The number of ether oxygens (including phenoxy) is 2. The molecule has 0 atom stereocenters. The molecule has 23 heavy (non-hydrogen) atoms. The lowest BCUT2D eigenvalue weighted by Gasteiger charge is -2.10. The molecule has 128 valence electrons. The molecule has 0 aliphatic carbocycles. The molecule has 0 spiro atoms. The van der Waals surface area contributed by atoms with E-state index >= 15 is 0 Å². The minimum Gasteiger partial charge on any atom is -0.385 e. The molecule has 2 aromatic rings. The molecule has 0 aliphatic rings. The molecule has 0 saturated heterocycles. The van der Waals surface area contributed by atoms with Crippen molar-refractivity contribution in [3.8, 4) is 0 Å². The molecule has 0 bridgehead atoms. The van der Waals surface area contributed by atoms with Gasteiger partial charge in [-0.05, 0) is 13.3 Å². The van der Waals surface area contributed by atoms with Gasteiger partial charge in [-0.2, -0.15) is 4.98 Å². The Morgan fingerprint density at radius 1 is 1.30 bits per heavy atom. The van der Waals surface area contributed by atoms with E-state index in [2.05, 4.69) is 15.3 Å². The molecule has 2 heterocycles. The van der Waals surface area contributed by atoms with Gasteiger partial charge in [-0.3, -0.25) is 14.3 Å². The van der Waals surface area contributed by atoms with Gasteiger partial charge in [0.1, 0.15) is 0 Å². The molecule has 9 heteroatoms. The number of fused-ring (bicyclic) bond motifs is 1. The molecule has 0 saturated carbocycles. The average Bonchev–Trinajstić information content (AvgIpc) is 2.89. The number of nitrogens with one attached hydrogen (secondary N) is 2. The van der Waals surface area contributed by atoms with Gasteiger partial charge in [-0.15, -0.1) is 0 Å². The van der Waals surface area contributed by atoms with Crippen LogP contribution >= 0.6 is 0 Å². The highest BCUT2D eigenvalue weighted by molar-refractivity contribution is 5.74. The summed E-state index contributed by atoms with van der Waals surface area (Å²) in [7, 11) is 3.22. The highest BCUT2D eigenvalue weighted by Gasteiger charge is 2.16. The fraction of sp³-hybridized carbons (Fsp3) is 0.643. The number of methoxy groups -OCH3 is 1. The lowest BCUT2D eigenvalue weighted by atomic mass is 10.4. The number of H-pyrrole nitrogens is 1. The zero-order chi connectivity index (χ0) is 16.8. The zero-order valence-corrected chi connectivity index (χ0v) is 13.7. The van der Waals surface area contributed by atoms with E-state index in [1.54, 1.807) is 18.7 Å². The van der Waals surface area contributed by atoms with E-state index in [1.807, 2.05) is 6.92 Å². The number of anilines is 1. The van der Waals surface area contributed by atoms with Crippen molar-refractivity contribution in [2.45, 2.75) is 19.9 Å². The molecule has 0 radical (unpaired) electrons. The van der Waals surface area contributed by atoms with Crippen molar-refractivity contribution in [3.63, 3.8) is 0 Å². The third-order valence-corrected chi connectivity index (χ3v) is 3.48. The first-order valence-corrected chi connectivity index (χ1v) is 7.60. The number of hydrogen-bond donors (Lipinski definition) is 2.